The molecule has 0 bridgehead atoms. The molecule has 0 saturated carbocycles. The predicted molar refractivity (Wildman–Crippen MR) is 58.8 cm³/mol. The Hall–Kier alpha value is -0.160. The maximum absolute atomic E-state index is 9.89. The van der Waals surface area contributed by atoms with Crippen molar-refractivity contribution in [3.05, 3.63) is 0 Å². The van der Waals surface area contributed by atoms with Crippen LogP contribution in [0.15, 0.2) is 0 Å². The second-order valence-corrected chi connectivity index (χ2v) is 5.06. The molecule has 4 atom stereocenters. The Labute approximate surface area is 96.6 Å². The van der Waals surface area contributed by atoms with Crippen LogP contribution in [0.5, 0.6) is 0 Å². The third-order valence-electron chi connectivity index (χ3n) is 3.95. The third-order valence-corrected chi connectivity index (χ3v) is 3.95. The lowest BCUT2D eigenvalue weighted by atomic mass is 9.86. The van der Waals surface area contributed by atoms with Crippen molar-refractivity contribution in [2.45, 2.75) is 44.5 Å². The van der Waals surface area contributed by atoms with Crippen LogP contribution in [0.1, 0.15) is 32.6 Å². The normalized spacial score (nSPS) is 44.8. The van der Waals surface area contributed by atoms with Crippen LogP contribution in [0.25, 0.3) is 0 Å². The standard InChI is InChI=1S/C12H22O4/c1-2-9-3-4-12(15-7-9)5-11(14)10(6-13)8-16-12/h9-11,13-14H,2-8H2,1H3/t9-,10-,11+,12+/m1/s1. The van der Waals surface area contributed by atoms with Gasteiger partial charge in [-0.2, -0.15) is 0 Å². The summed E-state index contributed by atoms with van der Waals surface area (Å²) in [5, 5.41) is 18.9. The van der Waals surface area contributed by atoms with Crippen molar-refractivity contribution < 1.29 is 19.7 Å². The van der Waals surface area contributed by atoms with Gasteiger partial charge in [-0.3, -0.25) is 0 Å². The molecule has 2 fully saturated rings. The van der Waals surface area contributed by atoms with E-state index in [0.29, 0.717) is 18.9 Å². The van der Waals surface area contributed by atoms with Crippen LogP contribution >= 0.6 is 0 Å². The molecule has 0 aromatic rings. The first kappa shape index (κ1) is 12.3. The van der Waals surface area contributed by atoms with Crippen LogP contribution in [-0.4, -0.2) is 41.9 Å². The average Bonchev–Trinajstić information content (AvgIpc) is 2.30. The van der Waals surface area contributed by atoms with Crippen LogP contribution in [0.2, 0.25) is 0 Å². The highest BCUT2D eigenvalue weighted by atomic mass is 16.7. The summed E-state index contributed by atoms with van der Waals surface area (Å²) in [5.41, 5.74) is 0. The molecule has 2 aliphatic rings. The molecule has 0 radical (unpaired) electrons. The van der Waals surface area contributed by atoms with E-state index in [1.54, 1.807) is 0 Å². The van der Waals surface area contributed by atoms with Gasteiger partial charge in [-0.05, 0) is 12.3 Å². The lowest BCUT2D eigenvalue weighted by molar-refractivity contribution is -0.307. The van der Waals surface area contributed by atoms with Gasteiger partial charge in [0.15, 0.2) is 5.79 Å². The summed E-state index contributed by atoms with van der Waals surface area (Å²) in [6.07, 6.45) is 3.09. The van der Waals surface area contributed by atoms with Gasteiger partial charge in [0.2, 0.25) is 0 Å². The first-order chi connectivity index (χ1) is 7.69. The molecule has 2 rings (SSSR count). The van der Waals surface area contributed by atoms with E-state index >= 15 is 0 Å². The Balaban J connectivity index is 1.91. The van der Waals surface area contributed by atoms with Crippen molar-refractivity contribution >= 4 is 0 Å². The fourth-order valence-corrected chi connectivity index (χ4v) is 2.53. The number of aliphatic hydroxyl groups is 2. The van der Waals surface area contributed by atoms with E-state index in [2.05, 4.69) is 6.92 Å². The molecule has 4 nitrogen and oxygen atoms in total. The largest absolute Gasteiger partial charge is 0.396 e. The lowest BCUT2D eigenvalue weighted by Gasteiger charge is -2.45. The maximum Gasteiger partial charge on any atom is 0.170 e. The van der Waals surface area contributed by atoms with Gasteiger partial charge >= 0.3 is 0 Å². The van der Waals surface area contributed by atoms with Gasteiger partial charge < -0.3 is 19.7 Å². The first-order valence-electron chi connectivity index (χ1n) is 6.26. The Morgan fingerprint density at radius 3 is 2.56 bits per heavy atom. The minimum absolute atomic E-state index is 0.0190. The van der Waals surface area contributed by atoms with Crippen molar-refractivity contribution in [3.8, 4) is 0 Å². The highest BCUT2D eigenvalue weighted by Gasteiger charge is 2.44. The van der Waals surface area contributed by atoms with Crippen LogP contribution in [0.3, 0.4) is 0 Å². The molecule has 4 heteroatoms. The zero-order valence-electron chi connectivity index (χ0n) is 9.89. The molecule has 94 valence electrons. The zero-order valence-corrected chi connectivity index (χ0v) is 9.89. The van der Waals surface area contributed by atoms with E-state index in [-0.39, 0.29) is 12.5 Å². The minimum Gasteiger partial charge on any atom is -0.396 e. The van der Waals surface area contributed by atoms with E-state index in [1.807, 2.05) is 0 Å². The predicted octanol–water partition coefficient (Wildman–Crippen LogP) is 0.909. The maximum atomic E-state index is 9.89. The van der Waals surface area contributed by atoms with E-state index < -0.39 is 11.9 Å². The third kappa shape index (κ3) is 2.40. The van der Waals surface area contributed by atoms with Gasteiger partial charge in [-0.15, -0.1) is 0 Å². The molecule has 2 aliphatic heterocycles. The summed E-state index contributed by atoms with van der Waals surface area (Å²) < 4.78 is 11.5. The number of rotatable bonds is 2. The van der Waals surface area contributed by atoms with Gasteiger partial charge in [0.1, 0.15) is 0 Å². The van der Waals surface area contributed by atoms with E-state index in [0.717, 1.165) is 25.9 Å². The highest BCUT2D eigenvalue weighted by Crippen LogP contribution is 2.38. The number of ether oxygens (including phenoxy) is 2. The van der Waals surface area contributed by atoms with Crippen molar-refractivity contribution in [2.24, 2.45) is 11.8 Å². The summed E-state index contributed by atoms with van der Waals surface area (Å²) in [6, 6.07) is 0. The topological polar surface area (TPSA) is 58.9 Å². The van der Waals surface area contributed by atoms with Crippen molar-refractivity contribution in [3.63, 3.8) is 0 Å². The van der Waals surface area contributed by atoms with E-state index in [1.165, 1.54) is 0 Å². The molecule has 0 aliphatic carbocycles. The number of hydrogen-bond donors (Lipinski definition) is 2. The average molecular weight is 230 g/mol. The zero-order chi connectivity index (χ0) is 11.6. The van der Waals surface area contributed by atoms with Crippen LogP contribution < -0.4 is 0 Å². The van der Waals surface area contributed by atoms with Crippen molar-refractivity contribution in [1.82, 2.24) is 0 Å². The molecular formula is C12H22O4. The fourth-order valence-electron chi connectivity index (χ4n) is 2.53. The molecule has 0 unspecified atom stereocenters. The van der Waals surface area contributed by atoms with Gasteiger partial charge in [0.25, 0.3) is 0 Å². The molecule has 1 spiro atoms. The Morgan fingerprint density at radius 1 is 1.31 bits per heavy atom. The molecule has 2 N–H and O–H groups in total. The van der Waals surface area contributed by atoms with Gasteiger partial charge in [-0.1, -0.05) is 13.3 Å². The molecule has 0 aromatic carbocycles. The van der Waals surface area contributed by atoms with Crippen molar-refractivity contribution in [2.75, 3.05) is 19.8 Å². The molecule has 2 heterocycles. The van der Waals surface area contributed by atoms with E-state index in [9.17, 15) is 5.11 Å². The Morgan fingerprint density at radius 2 is 2.06 bits per heavy atom. The monoisotopic (exact) mass is 230 g/mol. The Kier molecular flexibility index (Phi) is 3.85. The summed E-state index contributed by atoms with van der Waals surface area (Å²) in [4.78, 5) is 0. The number of aliphatic hydroxyl groups excluding tert-OH is 2. The van der Waals surface area contributed by atoms with E-state index in [4.69, 9.17) is 14.6 Å². The molecule has 2 saturated heterocycles. The quantitative estimate of drug-likeness (QED) is 0.740. The fraction of sp³-hybridized carbons (Fsp3) is 1.00. The lowest BCUT2D eigenvalue weighted by Crippen LogP contribution is -2.51. The Bertz CT molecular complexity index is 218. The summed E-state index contributed by atoms with van der Waals surface area (Å²) in [7, 11) is 0. The summed E-state index contributed by atoms with van der Waals surface area (Å²) >= 11 is 0. The smallest absolute Gasteiger partial charge is 0.170 e. The van der Waals surface area contributed by atoms with Crippen LogP contribution in [-0.2, 0) is 9.47 Å². The van der Waals surface area contributed by atoms with Gasteiger partial charge in [0, 0.05) is 18.8 Å². The molecular weight excluding hydrogens is 208 g/mol. The minimum atomic E-state index is -0.573. The summed E-state index contributed by atoms with van der Waals surface area (Å²) in [6.45, 7) is 3.28. The van der Waals surface area contributed by atoms with Crippen LogP contribution in [0, 0.1) is 11.8 Å². The second-order valence-electron chi connectivity index (χ2n) is 5.06. The number of hydrogen-bond acceptors (Lipinski definition) is 4. The molecule has 16 heavy (non-hydrogen) atoms. The van der Waals surface area contributed by atoms with Crippen LogP contribution in [0.4, 0.5) is 0 Å². The highest BCUT2D eigenvalue weighted by molar-refractivity contribution is 4.87. The van der Waals surface area contributed by atoms with Crippen molar-refractivity contribution in [1.29, 1.82) is 0 Å². The second kappa shape index (κ2) is 5.00. The first-order valence-corrected chi connectivity index (χ1v) is 6.26. The SMILES string of the molecule is CC[C@@H]1CC[C@]2(C[C@H](O)[C@H](CO)CO2)OC1. The van der Waals surface area contributed by atoms with Gasteiger partial charge in [0.05, 0.1) is 25.9 Å². The summed E-state index contributed by atoms with van der Waals surface area (Å²) in [5.74, 6) is -0.100. The van der Waals surface area contributed by atoms with Gasteiger partial charge in [-0.25, -0.2) is 0 Å². The molecule has 0 amide bonds. The molecule has 0 aromatic heterocycles.